The minimum atomic E-state index is -2.33. The number of rotatable bonds is 44. The fourth-order valence-corrected chi connectivity index (χ4v) is 16.4. The van der Waals surface area contributed by atoms with Crippen LogP contribution in [0.4, 0.5) is 0 Å². The lowest BCUT2D eigenvalue weighted by Crippen LogP contribution is -2.69. The van der Waals surface area contributed by atoms with Crippen LogP contribution in [0, 0.1) is 5.92 Å². The van der Waals surface area contributed by atoms with Gasteiger partial charge in [0.15, 0.2) is 68.6 Å². The number of aliphatic hydroxyl groups excluding tert-OH is 19. The monoisotopic (exact) mass is 1830 g/mol. The van der Waals surface area contributed by atoms with Gasteiger partial charge in [-0.15, -0.1) is 0 Å². The Morgan fingerprint density at radius 3 is 1.25 bits per heavy atom. The maximum atomic E-state index is 15.2. The topological polar surface area (TPSA) is 637 Å². The Morgan fingerprint density at radius 1 is 0.357 bits per heavy atom. The molecule has 45 atom stereocenters. The van der Waals surface area contributed by atoms with Crippen LogP contribution in [0.2, 0.25) is 0 Å². The van der Waals surface area contributed by atoms with E-state index < -0.39 is 319 Å². The van der Waals surface area contributed by atoms with E-state index in [0.29, 0.717) is 70.6 Å². The summed E-state index contributed by atoms with van der Waals surface area (Å²) in [6.07, 6.45) is -69.2. The summed E-state index contributed by atoms with van der Waals surface area (Å²) in [5.74, 6) is -4.74. The van der Waals surface area contributed by atoms with Gasteiger partial charge < -0.3 is 192 Å². The molecule has 8 saturated heterocycles. The van der Waals surface area contributed by atoms with Crippen LogP contribution in [0.5, 0.6) is 0 Å². The van der Waals surface area contributed by atoms with E-state index in [1.165, 1.54) is 82.4 Å². The molecule has 43 heteroatoms. The Kier molecular flexibility index (Phi) is 43.1. The fraction of sp³-hybridized carbons (Fsp3) is 0.928. The second kappa shape index (κ2) is 50.5. The van der Waals surface area contributed by atoms with Gasteiger partial charge in [0.05, 0.1) is 93.7 Å². The molecule has 8 heterocycles. The molecule has 8 aliphatic rings. The molecule has 0 saturated carbocycles. The molecule has 732 valence electrons. The van der Waals surface area contributed by atoms with Crippen molar-refractivity contribution < 1.29 is 211 Å². The molecule has 0 unspecified atom stereocenters. The minimum absolute atomic E-state index is 0.0208. The SMILES string of the molecule is C/C=C(\C)C(=O)O[C@H]1[C@H](O[C@@H]2O[C@@H](C)[C@H](O)[C@@H](O)[C@H]2O)[C@@H](O)[C@H](O[C@H]2[C@H](O[C@@H]3[C@@H](O[C@@H]4O[C@H](C)[C@@H](OC(=O)[C@H](C)[C@@H](C)O)[C@H](O)[C@H]4O)[C@H](C)O[C@@H](O[C@H]4[C@H](O[C@H]5[C@H](O[C@@H](CCC)CCCCCCC[C@H](O)CC(=O)OC)O[C@H](C)[C@H](O)[C@@H]5O)O[C@H](CO)[C@@H](O)[C@@H]4O)[C@@H]3OC(=O)CCCCC[C@H](CCC)O[C@@H]3O[C@H](C)[C@@H](O)[C@H](O)[C@H]3O)O[C@H](CO)[C@@H](O)[C@@H]2O)O[C@@H]1C. The van der Waals surface area contributed by atoms with E-state index in [0.717, 1.165) is 12.8 Å². The van der Waals surface area contributed by atoms with E-state index in [4.69, 9.17) is 90.0 Å². The molecule has 43 nitrogen and oxygen atoms in total. The van der Waals surface area contributed by atoms with Crippen LogP contribution in [0.3, 0.4) is 0 Å². The van der Waals surface area contributed by atoms with Crippen molar-refractivity contribution >= 4 is 23.9 Å². The lowest BCUT2D eigenvalue weighted by atomic mass is 9.95. The van der Waals surface area contributed by atoms with Gasteiger partial charge in [0, 0.05) is 12.0 Å². The smallest absolute Gasteiger partial charge is 0.333 e. The van der Waals surface area contributed by atoms with Crippen LogP contribution in [0.25, 0.3) is 0 Å². The highest BCUT2D eigenvalue weighted by Gasteiger charge is 2.61. The molecule has 0 radical (unpaired) electrons. The first-order valence-electron chi connectivity index (χ1n) is 44.2. The molecule has 0 amide bonds. The largest absolute Gasteiger partial charge is 0.469 e. The first-order valence-corrected chi connectivity index (χ1v) is 44.2. The summed E-state index contributed by atoms with van der Waals surface area (Å²) in [5.41, 5.74) is 0.0631. The van der Waals surface area contributed by atoms with Crippen molar-refractivity contribution in [3.63, 3.8) is 0 Å². The average Bonchev–Trinajstić information content (AvgIpc) is 0.757. The molecule has 8 fully saturated rings. The molecule has 19 N–H and O–H groups in total. The van der Waals surface area contributed by atoms with Gasteiger partial charge >= 0.3 is 23.9 Å². The van der Waals surface area contributed by atoms with E-state index in [9.17, 15) is 111 Å². The summed E-state index contributed by atoms with van der Waals surface area (Å²) in [6.45, 7) is 15.5. The number of hydrogen-bond acceptors (Lipinski definition) is 43. The van der Waals surface area contributed by atoms with Crippen molar-refractivity contribution in [1.82, 2.24) is 0 Å². The van der Waals surface area contributed by atoms with Gasteiger partial charge in [-0.1, -0.05) is 77.7 Å². The molecular formula is C83H142O43. The summed E-state index contributed by atoms with van der Waals surface area (Å²) in [7, 11) is 1.24. The summed E-state index contributed by atoms with van der Waals surface area (Å²) in [4.78, 5) is 53.8. The van der Waals surface area contributed by atoms with Crippen LogP contribution in [-0.4, -0.2) is 411 Å². The molecule has 0 aliphatic carbocycles. The first-order chi connectivity index (χ1) is 59.6. The fourth-order valence-electron chi connectivity index (χ4n) is 16.4. The van der Waals surface area contributed by atoms with E-state index in [2.05, 4.69) is 4.74 Å². The molecule has 126 heavy (non-hydrogen) atoms. The third-order valence-electron chi connectivity index (χ3n) is 24.6. The lowest BCUT2D eigenvalue weighted by molar-refractivity contribution is -0.415. The van der Waals surface area contributed by atoms with Crippen LogP contribution < -0.4 is 0 Å². The van der Waals surface area contributed by atoms with Crippen LogP contribution in [-0.2, 0) is 114 Å². The first kappa shape index (κ1) is 108. The van der Waals surface area contributed by atoms with Gasteiger partial charge in [0.1, 0.15) is 140 Å². The van der Waals surface area contributed by atoms with Gasteiger partial charge in [-0.25, -0.2) is 4.79 Å². The standard InChI is InChI=1S/C83H142O43/c1-14-25-44(114-76-61(101)55(95)50(90)37(7)108-76)29-23-20-24-30-48(88)118-73-72(126-82-70(58(98)53(93)47(33-85)117-82)123-79-64(104)68(66(41(11)112-79)120-74(105)34(4)16-3)122-77-62(102)56(96)51(91)38(8)109-77)67(121-78-63(103)60(100)65(40(10)111-78)119-75(106)35(5)36(6)86)42(12)113-83(73)125-71-59(99)54(94)46(32-84)116-81(71)124-69-57(97)52(92)39(9)110-80(69)115-45(26-15-2)28-22-19-17-18-21-27-43(87)31-49(89)107-13/h16,35-47,50-73,76-87,90-104H,14-15,17-33H2,1-13H3/b34-16+/t35-,36-,37-,38+,39-,40-,41-,42+,43+,44+,45+,46-,47-,50-,51+,52+,53-,54-,55+,56-,57+,58+,59+,60-,61-,62-,63-,64-,65-,66-,67+,68-,69-,70-,71-,72-,73-,76+,77+,78+,79+,80+,81+,82+,83+/m1/s1. The van der Waals surface area contributed by atoms with Gasteiger partial charge in [-0.2, -0.15) is 0 Å². The van der Waals surface area contributed by atoms with Crippen molar-refractivity contribution in [2.75, 3.05) is 20.3 Å². The van der Waals surface area contributed by atoms with Crippen molar-refractivity contribution in [3.8, 4) is 0 Å². The maximum absolute atomic E-state index is 15.2. The van der Waals surface area contributed by atoms with Crippen molar-refractivity contribution in [1.29, 1.82) is 0 Å². The molecule has 0 aromatic rings. The highest BCUT2D eigenvalue weighted by atomic mass is 16.8. The van der Waals surface area contributed by atoms with Crippen molar-refractivity contribution in [2.45, 2.75) is 462 Å². The number of unbranched alkanes of at least 4 members (excludes halogenated alkanes) is 6. The molecule has 0 bridgehead atoms. The maximum Gasteiger partial charge on any atom is 0.333 e. The summed E-state index contributed by atoms with van der Waals surface area (Å²) in [5, 5.41) is 216. The Morgan fingerprint density at radius 2 is 0.738 bits per heavy atom. The van der Waals surface area contributed by atoms with Crippen LogP contribution in [0.15, 0.2) is 11.6 Å². The normalized spacial score (nSPS) is 42.6. The predicted octanol–water partition coefficient (Wildman–Crippen LogP) is -3.69. The van der Waals surface area contributed by atoms with Crippen LogP contribution in [0.1, 0.15) is 192 Å². The Balaban J connectivity index is 1.20. The number of carbonyl (C=O) groups excluding carboxylic acids is 4. The molecule has 0 aromatic carbocycles. The number of aliphatic hydroxyl groups is 19. The van der Waals surface area contributed by atoms with Crippen LogP contribution >= 0.6 is 0 Å². The van der Waals surface area contributed by atoms with Crippen molar-refractivity contribution in [3.05, 3.63) is 11.6 Å². The number of methoxy groups -OCH3 is 1. The zero-order valence-electron chi connectivity index (χ0n) is 73.8. The predicted molar refractivity (Wildman–Crippen MR) is 424 cm³/mol. The number of esters is 4. The Bertz CT molecular complexity index is 3260. The van der Waals surface area contributed by atoms with Gasteiger partial charge in [0.25, 0.3) is 0 Å². The lowest BCUT2D eigenvalue weighted by Gasteiger charge is -2.52. The van der Waals surface area contributed by atoms with E-state index in [1.807, 2.05) is 13.8 Å². The van der Waals surface area contributed by atoms with Crippen molar-refractivity contribution in [2.24, 2.45) is 5.92 Å². The Labute approximate surface area is 732 Å². The molecule has 0 spiro atoms. The molecule has 0 aromatic heterocycles. The average molecular weight is 1830 g/mol. The number of carbonyl (C=O) groups is 4. The van der Waals surface area contributed by atoms with Gasteiger partial charge in [-0.05, 0) is 108 Å². The second-order valence-electron chi connectivity index (χ2n) is 34.4. The molecule has 8 rings (SSSR count). The van der Waals surface area contributed by atoms with Gasteiger partial charge in [-0.3, -0.25) is 14.4 Å². The van der Waals surface area contributed by atoms with Gasteiger partial charge in [0.2, 0.25) is 0 Å². The number of ether oxygens (including phenoxy) is 20. The highest BCUT2D eigenvalue weighted by Crippen LogP contribution is 2.42. The molecular weight excluding hydrogens is 1680 g/mol. The van der Waals surface area contributed by atoms with E-state index in [-0.39, 0.29) is 24.8 Å². The quantitative estimate of drug-likeness (QED) is 0.0121. The minimum Gasteiger partial charge on any atom is -0.469 e. The number of allylic oxidation sites excluding steroid dienone is 1. The third-order valence-corrected chi connectivity index (χ3v) is 24.6. The highest BCUT2D eigenvalue weighted by molar-refractivity contribution is 5.87. The van der Waals surface area contributed by atoms with E-state index >= 15 is 4.79 Å². The zero-order chi connectivity index (χ0) is 93.2. The number of hydrogen-bond donors (Lipinski definition) is 19. The summed E-state index contributed by atoms with van der Waals surface area (Å²) in [6, 6.07) is 0. The second-order valence-corrected chi connectivity index (χ2v) is 34.4. The zero-order valence-corrected chi connectivity index (χ0v) is 73.8. The van der Waals surface area contributed by atoms with E-state index in [1.54, 1.807) is 0 Å². The summed E-state index contributed by atoms with van der Waals surface area (Å²) < 4.78 is 124. The third kappa shape index (κ3) is 27.7. The Hall–Kier alpha value is -3.78. The molecule has 8 aliphatic heterocycles. The summed E-state index contributed by atoms with van der Waals surface area (Å²) >= 11 is 0.